The van der Waals surface area contributed by atoms with E-state index >= 15 is 0 Å². The molecule has 2 atom stereocenters. The molecular weight excluding hydrogens is 510 g/mol. The van der Waals surface area contributed by atoms with Gasteiger partial charge in [0.15, 0.2) is 0 Å². The number of ether oxygens (including phenoxy) is 1. The predicted octanol–water partition coefficient (Wildman–Crippen LogP) is 2.28. The smallest absolute Gasteiger partial charge is 0.255 e. The Bertz CT molecular complexity index is 1010. The first-order valence-electron chi connectivity index (χ1n) is 14.7. The summed E-state index contributed by atoms with van der Waals surface area (Å²) in [5.41, 5.74) is 0.366. The number of hydrogen-bond donors (Lipinski definition) is 2. The number of para-hydroxylation sites is 1. The number of carbonyl (C=O) groups is 4. The van der Waals surface area contributed by atoms with Crippen molar-refractivity contribution in [3.8, 4) is 5.75 Å². The van der Waals surface area contributed by atoms with Crippen molar-refractivity contribution in [1.82, 2.24) is 25.3 Å². The van der Waals surface area contributed by atoms with Crippen molar-refractivity contribution in [3.63, 3.8) is 0 Å². The fourth-order valence-electron chi connectivity index (χ4n) is 5.12. The molecule has 1 aromatic rings. The maximum absolute atomic E-state index is 13.6. The maximum atomic E-state index is 13.6. The van der Waals surface area contributed by atoms with Crippen LogP contribution in [-0.4, -0.2) is 104 Å². The first kappa shape index (κ1) is 31.4. The van der Waals surface area contributed by atoms with Gasteiger partial charge in [0, 0.05) is 46.2 Å². The molecule has 0 saturated carbocycles. The van der Waals surface area contributed by atoms with Gasteiger partial charge in [-0.15, -0.1) is 0 Å². The van der Waals surface area contributed by atoms with E-state index < -0.39 is 18.0 Å². The van der Waals surface area contributed by atoms with Gasteiger partial charge in [-0.1, -0.05) is 38.8 Å². The summed E-state index contributed by atoms with van der Waals surface area (Å²) in [7, 11) is 3.79. The second kappa shape index (κ2) is 15.6. The van der Waals surface area contributed by atoms with Crippen molar-refractivity contribution < 1.29 is 23.9 Å². The normalized spacial score (nSPS) is 23.3. The van der Waals surface area contributed by atoms with Gasteiger partial charge in [-0.05, 0) is 50.8 Å². The highest BCUT2D eigenvalue weighted by molar-refractivity contribution is 5.99. The minimum Gasteiger partial charge on any atom is -0.493 e. The quantitative estimate of drug-likeness (QED) is 0.590. The van der Waals surface area contributed by atoms with Crippen LogP contribution in [0.25, 0.3) is 0 Å². The van der Waals surface area contributed by atoms with E-state index in [1.54, 1.807) is 35.0 Å². The van der Waals surface area contributed by atoms with Crippen LogP contribution in [0.1, 0.15) is 69.2 Å². The van der Waals surface area contributed by atoms with Gasteiger partial charge in [0.25, 0.3) is 5.91 Å². The molecule has 10 heteroatoms. The van der Waals surface area contributed by atoms with Crippen LogP contribution in [0.15, 0.2) is 24.3 Å². The number of nitrogens with one attached hydrogen (secondary N) is 2. The molecule has 3 rings (SSSR count). The van der Waals surface area contributed by atoms with Crippen LogP contribution < -0.4 is 15.4 Å². The second-order valence-corrected chi connectivity index (χ2v) is 11.5. The van der Waals surface area contributed by atoms with E-state index in [0.29, 0.717) is 44.0 Å². The zero-order valence-electron chi connectivity index (χ0n) is 24.6. The molecular formula is C30H47N5O5. The highest BCUT2D eigenvalue weighted by Crippen LogP contribution is 2.20. The molecule has 2 heterocycles. The summed E-state index contributed by atoms with van der Waals surface area (Å²) in [6.45, 7) is 7.74. The Kier molecular flexibility index (Phi) is 12.2. The van der Waals surface area contributed by atoms with Crippen molar-refractivity contribution in [2.75, 3.05) is 53.4 Å². The maximum Gasteiger partial charge on any atom is 0.255 e. The Morgan fingerprint density at radius 3 is 2.38 bits per heavy atom. The molecule has 1 fully saturated rings. The predicted molar refractivity (Wildman–Crippen MR) is 154 cm³/mol. The summed E-state index contributed by atoms with van der Waals surface area (Å²) in [6.07, 6.45) is 4.23. The Labute approximate surface area is 238 Å². The van der Waals surface area contributed by atoms with Crippen LogP contribution in [0, 0.1) is 5.92 Å². The zero-order valence-corrected chi connectivity index (χ0v) is 24.6. The Hall–Kier alpha value is -3.14. The molecule has 1 aromatic carbocycles. The van der Waals surface area contributed by atoms with Crippen LogP contribution in [0.2, 0.25) is 0 Å². The van der Waals surface area contributed by atoms with Gasteiger partial charge in [0.1, 0.15) is 17.8 Å². The summed E-state index contributed by atoms with van der Waals surface area (Å²) in [5.74, 6) is -0.320. The third-order valence-corrected chi connectivity index (χ3v) is 7.57. The average molecular weight is 558 g/mol. The zero-order chi connectivity index (χ0) is 29.1. The highest BCUT2D eigenvalue weighted by Gasteiger charge is 2.31. The molecule has 0 aliphatic carbocycles. The monoisotopic (exact) mass is 557 g/mol. The van der Waals surface area contributed by atoms with Crippen LogP contribution in [0.4, 0.5) is 0 Å². The molecule has 2 aliphatic heterocycles. The molecule has 10 nitrogen and oxygen atoms in total. The lowest BCUT2D eigenvalue weighted by atomic mass is 10.0. The summed E-state index contributed by atoms with van der Waals surface area (Å²) < 4.78 is 5.96. The lowest BCUT2D eigenvalue weighted by molar-refractivity contribution is -0.137. The molecule has 2 aliphatic rings. The minimum absolute atomic E-state index is 0.00810. The van der Waals surface area contributed by atoms with Crippen LogP contribution in [0.5, 0.6) is 5.75 Å². The summed E-state index contributed by atoms with van der Waals surface area (Å²) in [4.78, 5) is 58.9. The lowest BCUT2D eigenvalue weighted by Gasteiger charge is -2.35. The number of benzene rings is 1. The van der Waals surface area contributed by atoms with Crippen LogP contribution in [0.3, 0.4) is 0 Å². The van der Waals surface area contributed by atoms with Gasteiger partial charge < -0.3 is 30.1 Å². The molecule has 0 aromatic heterocycles. The molecule has 222 valence electrons. The third-order valence-electron chi connectivity index (χ3n) is 7.57. The highest BCUT2D eigenvalue weighted by atomic mass is 16.5. The second-order valence-electron chi connectivity index (χ2n) is 11.5. The third kappa shape index (κ3) is 9.50. The topological polar surface area (TPSA) is 111 Å². The van der Waals surface area contributed by atoms with Gasteiger partial charge in [0.2, 0.25) is 17.7 Å². The van der Waals surface area contributed by atoms with Crippen molar-refractivity contribution >= 4 is 23.6 Å². The number of fused-ring (bicyclic) bond motifs is 1. The first-order valence-corrected chi connectivity index (χ1v) is 14.7. The summed E-state index contributed by atoms with van der Waals surface area (Å²) in [5, 5.41) is 5.82. The van der Waals surface area contributed by atoms with Gasteiger partial charge >= 0.3 is 0 Å². The molecule has 0 unspecified atom stereocenters. The number of carbonyl (C=O) groups excluding carboxylic acids is 4. The fraction of sp³-hybridized carbons (Fsp3) is 0.667. The SMILES string of the molecule is CC(C)C[C@@H]1NC(=O)CC[C@@H](C(=O)N2CCN(C)CC2)NC(=O)c2ccccc2OCCCCCCN(C)C1=O. The largest absolute Gasteiger partial charge is 0.493 e. The molecule has 0 radical (unpaired) electrons. The van der Waals surface area contributed by atoms with Crippen molar-refractivity contribution in [1.29, 1.82) is 0 Å². The van der Waals surface area contributed by atoms with E-state index in [4.69, 9.17) is 4.74 Å². The molecule has 0 bridgehead atoms. The average Bonchev–Trinajstić information content (AvgIpc) is 2.93. The van der Waals surface area contributed by atoms with E-state index in [1.807, 2.05) is 27.0 Å². The molecule has 0 spiro atoms. The number of likely N-dealkylation sites (N-methyl/N-ethyl adjacent to an activating group) is 2. The first-order chi connectivity index (χ1) is 19.2. The van der Waals surface area contributed by atoms with Gasteiger partial charge in [-0.2, -0.15) is 0 Å². The number of amides is 4. The standard InChI is InChI=1S/C30H47N5O5/c1-22(2)21-25-29(38)34(4)15-9-5-6-10-20-40-26-12-8-7-11-23(26)28(37)32-24(13-14-27(36)31-25)30(39)35-18-16-33(3)17-19-35/h7-8,11-12,22,24-25H,5-6,9-10,13-21H2,1-4H3,(H,31,36)(H,32,37)/t24-,25-/m0/s1. The van der Waals surface area contributed by atoms with Gasteiger partial charge in [0.05, 0.1) is 12.2 Å². The molecule has 40 heavy (non-hydrogen) atoms. The van der Waals surface area contributed by atoms with Crippen molar-refractivity contribution in [2.45, 2.75) is 70.9 Å². The van der Waals surface area contributed by atoms with E-state index in [1.165, 1.54) is 0 Å². The Morgan fingerprint density at radius 1 is 0.950 bits per heavy atom. The minimum atomic E-state index is -0.876. The number of hydrogen-bond acceptors (Lipinski definition) is 6. The molecule has 4 amide bonds. The fourth-order valence-corrected chi connectivity index (χ4v) is 5.12. The van der Waals surface area contributed by atoms with Gasteiger partial charge in [-0.25, -0.2) is 0 Å². The van der Waals surface area contributed by atoms with Crippen LogP contribution >= 0.6 is 0 Å². The number of rotatable bonds is 3. The molecule has 1 saturated heterocycles. The van der Waals surface area contributed by atoms with E-state index in [2.05, 4.69) is 15.5 Å². The lowest BCUT2D eigenvalue weighted by Crippen LogP contribution is -2.54. The number of nitrogens with zero attached hydrogens (tertiary/aromatic N) is 3. The van der Waals surface area contributed by atoms with Crippen molar-refractivity contribution in [2.24, 2.45) is 5.92 Å². The number of piperazine rings is 1. The Balaban J connectivity index is 1.82. The summed E-state index contributed by atoms with van der Waals surface area (Å²) in [6, 6.07) is 5.54. The van der Waals surface area contributed by atoms with E-state index in [-0.39, 0.29) is 36.5 Å². The summed E-state index contributed by atoms with van der Waals surface area (Å²) >= 11 is 0. The van der Waals surface area contributed by atoms with E-state index in [9.17, 15) is 19.2 Å². The van der Waals surface area contributed by atoms with Crippen LogP contribution in [-0.2, 0) is 14.4 Å². The van der Waals surface area contributed by atoms with E-state index in [0.717, 1.165) is 38.8 Å². The molecule has 2 N–H and O–H groups in total. The van der Waals surface area contributed by atoms with Crippen molar-refractivity contribution in [3.05, 3.63) is 29.8 Å². The Morgan fingerprint density at radius 2 is 1.65 bits per heavy atom. The van der Waals surface area contributed by atoms with Gasteiger partial charge in [-0.3, -0.25) is 19.2 Å².